The maximum absolute atomic E-state index is 11.6. The summed E-state index contributed by atoms with van der Waals surface area (Å²) in [4.78, 5) is 4.78. The molecule has 0 atom stereocenters. The van der Waals surface area contributed by atoms with Gasteiger partial charge in [0.1, 0.15) is 5.52 Å². The SMILES string of the molecule is CS(=O)(=O)c1ccc2oc(C3CCC(CN)CC3)nc2c1. The van der Waals surface area contributed by atoms with Gasteiger partial charge in [-0.2, -0.15) is 0 Å². The summed E-state index contributed by atoms with van der Waals surface area (Å²) < 4.78 is 29.0. The first-order chi connectivity index (χ1) is 9.97. The van der Waals surface area contributed by atoms with Crippen molar-refractivity contribution in [2.75, 3.05) is 12.8 Å². The van der Waals surface area contributed by atoms with E-state index in [-0.39, 0.29) is 4.90 Å². The Labute approximate surface area is 124 Å². The molecule has 1 aliphatic carbocycles. The molecule has 2 N–H and O–H groups in total. The van der Waals surface area contributed by atoms with Gasteiger partial charge in [0.25, 0.3) is 0 Å². The lowest BCUT2D eigenvalue weighted by Crippen LogP contribution is -2.20. The summed E-state index contributed by atoms with van der Waals surface area (Å²) in [6.45, 7) is 0.748. The second-order valence-corrected chi connectivity index (χ2v) is 7.92. The van der Waals surface area contributed by atoms with Crippen molar-refractivity contribution < 1.29 is 12.8 Å². The molecule has 0 aliphatic heterocycles. The van der Waals surface area contributed by atoms with Gasteiger partial charge in [-0.25, -0.2) is 13.4 Å². The molecule has 1 heterocycles. The highest BCUT2D eigenvalue weighted by molar-refractivity contribution is 7.90. The molecule has 0 amide bonds. The van der Waals surface area contributed by atoms with Crippen LogP contribution in [0.25, 0.3) is 11.1 Å². The average Bonchev–Trinajstić information content (AvgIpc) is 2.89. The molecule has 3 rings (SSSR count). The number of nitrogens with two attached hydrogens (primary N) is 1. The Bertz CT molecular complexity index is 743. The molecule has 0 spiro atoms. The molecule has 0 bridgehead atoms. The molecule has 1 saturated carbocycles. The summed E-state index contributed by atoms with van der Waals surface area (Å²) in [5.41, 5.74) is 6.98. The standard InChI is InChI=1S/C15H20N2O3S/c1-21(18,19)12-6-7-14-13(8-12)17-15(20-14)11-4-2-10(9-16)3-5-11/h6-8,10-11H,2-5,9,16H2,1H3. The van der Waals surface area contributed by atoms with Crippen molar-refractivity contribution in [3.8, 4) is 0 Å². The number of sulfone groups is 1. The fraction of sp³-hybridized carbons (Fsp3) is 0.533. The van der Waals surface area contributed by atoms with Crippen molar-refractivity contribution in [3.05, 3.63) is 24.1 Å². The molecule has 0 saturated heterocycles. The summed E-state index contributed by atoms with van der Waals surface area (Å²) in [5, 5.41) is 0. The van der Waals surface area contributed by atoms with Crippen molar-refractivity contribution in [3.63, 3.8) is 0 Å². The van der Waals surface area contributed by atoms with E-state index in [0.29, 0.717) is 22.9 Å². The number of nitrogens with zero attached hydrogens (tertiary/aromatic N) is 1. The lowest BCUT2D eigenvalue weighted by Gasteiger charge is -2.25. The topological polar surface area (TPSA) is 86.2 Å². The summed E-state index contributed by atoms with van der Waals surface area (Å²) >= 11 is 0. The van der Waals surface area contributed by atoms with E-state index in [4.69, 9.17) is 10.2 Å². The number of hydrogen-bond acceptors (Lipinski definition) is 5. The Balaban J connectivity index is 1.88. The fourth-order valence-electron chi connectivity index (χ4n) is 2.98. The van der Waals surface area contributed by atoms with Gasteiger partial charge in [0, 0.05) is 12.2 Å². The minimum Gasteiger partial charge on any atom is -0.440 e. The number of benzene rings is 1. The van der Waals surface area contributed by atoms with Crippen molar-refractivity contribution in [1.29, 1.82) is 0 Å². The average molecular weight is 308 g/mol. The van der Waals surface area contributed by atoms with Crippen molar-refractivity contribution in [2.24, 2.45) is 11.7 Å². The van der Waals surface area contributed by atoms with Crippen LogP contribution < -0.4 is 5.73 Å². The molecular formula is C15H20N2O3S. The number of hydrogen-bond donors (Lipinski definition) is 1. The quantitative estimate of drug-likeness (QED) is 0.941. The van der Waals surface area contributed by atoms with Crippen LogP contribution in [0, 0.1) is 5.92 Å². The molecule has 21 heavy (non-hydrogen) atoms. The van der Waals surface area contributed by atoms with E-state index in [1.807, 2.05) is 0 Å². The molecule has 6 heteroatoms. The molecule has 1 aromatic carbocycles. The van der Waals surface area contributed by atoms with E-state index in [0.717, 1.165) is 38.1 Å². The lowest BCUT2D eigenvalue weighted by molar-refractivity contribution is 0.301. The number of oxazole rings is 1. The zero-order valence-electron chi connectivity index (χ0n) is 12.1. The predicted molar refractivity (Wildman–Crippen MR) is 80.9 cm³/mol. The zero-order chi connectivity index (χ0) is 15.0. The molecule has 5 nitrogen and oxygen atoms in total. The molecule has 0 unspecified atom stereocenters. The van der Waals surface area contributed by atoms with Gasteiger partial charge in [0.2, 0.25) is 0 Å². The van der Waals surface area contributed by atoms with Gasteiger partial charge in [0.05, 0.1) is 4.90 Å². The summed E-state index contributed by atoms with van der Waals surface area (Å²) in [7, 11) is -3.22. The van der Waals surface area contributed by atoms with Gasteiger partial charge >= 0.3 is 0 Å². The number of rotatable bonds is 3. The highest BCUT2D eigenvalue weighted by Crippen LogP contribution is 2.36. The Kier molecular flexibility index (Phi) is 3.75. The summed E-state index contributed by atoms with van der Waals surface area (Å²) in [6.07, 6.45) is 5.48. The molecule has 1 fully saturated rings. The van der Waals surface area contributed by atoms with Gasteiger partial charge in [-0.3, -0.25) is 0 Å². The summed E-state index contributed by atoms with van der Waals surface area (Å²) in [5.74, 6) is 1.66. The van der Waals surface area contributed by atoms with Crippen LogP contribution >= 0.6 is 0 Å². The van der Waals surface area contributed by atoms with Crippen molar-refractivity contribution >= 4 is 20.9 Å². The van der Waals surface area contributed by atoms with Crippen LogP contribution in [0.5, 0.6) is 0 Å². The maximum atomic E-state index is 11.6. The predicted octanol–water partition coefficient (Wildman–Crippen LogP) is 2.46. The van der Waals surface area contributed by atoms with Gasteiger partial charge in [-0.1, -0.05) is 0 Å². The first-order valence-electron chi connectivity index (χ1n) is 7.28. The van der Waals surface area contributed by atoms with E-state index < -0.39 is 9.84 Å². The second-order valence-electron chi connectivity index (χ2n) is 5.91. The molecule has 114 valence electrons. The zero-order valence-corrected chi connectivity index (χ0v) is 12.9. The van der Waals surface area contributed by atoms with Crippen LogP contribution in [0.15, 0.2) is 27.5 Å². The van der Waals surface area contributed by atoms with E-state index in [9.17, 15) is 8.42 Å². The lowest BCUT2D eigenvalue weighted by atomic mass is 9.82. The Hall–Kier alpha value is -1.40. The van der Waals surface area contributed by atoms with Crippen LogP contribution in [0.2, 0.25) is 0 Å². The summed E-state index contributed by atoms with van der Waals surface area (Å²) in [6, 6.07) is 4.84. The number of aromatic nitrogens is 1. The minimum atomic E-state index is -3.22. The third-order valence-electron chi connectivity index (χ3n) is 4.33. The first-order valence-corrected chi connectivity index (χ1v) is 9.17. The Morgan fingerprint density at radius 2 is 2.00 bits per heavy atom. The maximum Gasteiger partial charge on any atom is 0.198 e. The van der Waals surface area contributed by atoms with E-state index in [1.165, 1.54) is 6.26 Å². The molecular weight excluding hydrogens is 288 g/mol. The largest absolute Gasteiger partial charge is 0.440 e. The monoisotopic (exact) mass is 308 g/mol. The van der Waals surface area contributed by atoms with Gasteiger partial charge < -0.3 is 10.2 Å². The Morgan fingerprint density at radius 3 is 2.62 bits per heavy atom. The van der Waals surface area contributed by atoms with Gasteiger partial charge in [-0.15, -0.1) is 0 Å². The Morgan fingerprint density at radius 1 is 1.29 bits per heavy atom. The smallest absolute Gasteiger partial charge is 0.198 e. The highest BCUT2D eigenvalue weighted by atomic mass is 32.2. The van der Waals surface area contributed by atoms with Gasteiger partial charge in [0.15, 0.2) is 21.3 Å². The highest BCUT2D eigenvalue weighted by Gasteiger charge is 2.25. The molecule has 2 aromatic rings. The minimum absolute atomic E-state index is 0.279. The number of fused-ring (bicyclic) bond motifs is 1. The van der Waals surface area contributed by atoms with E-state index in [1.54, 1.807) is 18.2 Å². The second kappa shape index (κ2) is 5.42. The van der Waals surface area contributed by atoms with Crippen LogP contribution in [0.3, 0.4) is 0 Å². The van der Waals surface area contributed by atoms with Crippen LogP contribution in [0.1, 0.15) is 37.5 Å². The first kappa shape index (κ1) is 14.5. The van der Waals surface area contributed by atoms with Crippen LogP contribution in [-0.4, -0.2) is 26.2 Å². The van der Waals surface area contributed by atoms with Crippen LogP contribution in [0.4, 0.5) is 0 Å². The normalized spacial score (nSPS) is 23.5. The third kappa shape index (κ3) is 2.96. The molecule has 0 radical (unpaired) electrons. The fourth-order valence-corrected chi connectivity index (χ4v) is 3.62. The van der Waals surface area contributed by atoms with Crippen LogP contribution in [-0.2, 0) is 9.84 Å². The van der Waals surface area contributed by atoms with Gasteiger partial charge in [-0.05, 0) is 56.3 Å². The molecule has 1 aliphatic rings. The third-order valence-corrected chi connectivity index (χ3v) is 5.44. The van der Waals surface area contributed by atoms with E-state index in [2.05, 4.69) is 4.98 Å². The van der Waals surface area contributed by atoms with Crippen molar-refractivity contribution in [1.82, 2.24) is 4.98 Å². The van der Waals surface area contributed by atoms with E-state index >= 15 is 0 Å². The molecule has 1 aromatic heterocycles. The van der Waals surface area contributed by atoms with Crippen molar-refractivity contribution in [2.45, 2.75) is 36.5 Å².